The summed E-state index contributed by atoms with van der Waals surface area (Å²) in [5.41, 5.74) is 2.31. The van der Waals surface area contributed by atoms with Crippen LogP contribution in [0.5, 0.6) is 0 Å². The number of hydrogen-bond donors (Lipinski definition) is 1. The zero-order valence-electron chi connectivity index (χ0n) is 8.44. The molecule has 1 aliphatic rings. The van der Waals surface area contributed by atoms with Crippen LogP contribution in [0, 0.1) is 0 Å². The lowest BCUT2D eigenvalue weighted by Crippen LogP contribution is -1.98. The van der Waals surface area contributed by atoms with Crippen LogP contribution in [-0.4, -0.2) is 5.78 Å². The topological polar surface area (TPSA) is 29.1 Å². The molecule has 2 nitrogen and oxygen atoms in total. The zero-order valence-corrected chi connectivity index (χ0v) is 9.25. The minimum Gasteiger partial charge on any atom is -0.352 e. The first kappa shape index (κ1) is 9.36. The van der Waals surface area contributed by atoms with Gasteiger partial charge in [0.2, 0.25) is 5.78 Å². The maximum absolute atomic E-state index is 12.0. The smallest absolute Gasteiger partial charge is 0.211 e. The van der Waals surface area contributed by atoms with Crippen molar-refractivity contribution in [2.45, 2.75) is 0 Å². The van der Waals surface area contributed by atoms with Gasteiger partial charge in [0.05, 0.1) is 5.70 Å². The van der Waals surface area contributed by atoms with E-state index in [2.05, 4.69) is 5.32 Å². The predicted molar refractivity (Wildman–Crippen MR) is 66.7 cm³/mol. The van der Waals surface area contributed by atoms with Crippen molar-refractivity contribution in [3.63, 3.8) is 0 Å². The van der Waals surface area contributed by atoms with Crippen molar-refractivity contribution < 1.29 is 4.79 Å². The summed E-state index contributed by atoms with van der Waals surface area (Å²) in [7, 11) is 0. The van der Waals surface area contributed by atoms with Crippen LogP contribution in [-0.2, 0) is 0 Å². The van der Waals surface area contributed by atoms with Gasteiger partial charge < -0.3 is 5.32 Å². The summed E-state index contributed by atoms with van der Waals surface area (Å²) < 4.78 is 0. The Morgan fingerprint density at radius 2 is 2.00 bits per heavy atom. The van der Waals surface area contributed by atoms with Crippen LogP contribution in [0.1, 0.15) is 15.2 Å². The third kappa shape index (κ3) is 1.46. The van der Waals surface area contributed by atoms with Crippen LogP contribution in [0.3, 0.4) is 0 Å². The van der Waals surface area contributed by atoms with Crippen LogP contribution in [0.15, 0.2) is 47.5 Å². The molecule has 0 amide bonds. The Hall–Kier alpha value is -1.87. The molecular weight excluding hydrogens is 218 g/mol. The molecule has 0 radical (unpaired) electrons. The summed E-state index contributed by atoms with van der Waals surface area (Å²) in [6.07, 6.45) is 1.90. The number of fused-ring (bicyclic) bond motifs is 1. The first-order valence-corrected chi connectivity index (χ1v) is 5.88. The molecule has 0 fully saturated rings. The standard InChI is InChI=1S/C13H9NOS/c15-13-10-5-1-2-6-11(10)14-12(13)8-9-4-3-7-16-9/h1-8,14H/b12-8+. The molecule has 3 rings (SSSR count). The van der Waals surface area contributed by atoms with Crippen molar-refractivity contribution in [2.24, 2.45) is 0 Å². The molecule has 0 saturated carbocycles. The molecular formula is C13H9NOS. The molecule has 0 spiro atoms. The predicted octanol–water partition coefficient (Wildman–Crippen LogP) is 3.40. The molecule has 78 valence electrons. The third-order valence-electron chi connectivity index (χ3n) is 2.52. The van der Waals surface area contributed by atoms with Gasteiger partial charge in [-0.25, -0.2) is 0 Å². The van der Waals surface area contributed by atoms with E-state index in [1.54, 1.807) is 11.3 Å². The van der Waals surface area contributed by atoms with E-state index in [4.69, 9.17) is 0 Å². The number of Topliss-reactive ketones (excluding diaryl/α,β-unsaturated/α-hetero) is 1. The maximum Gasteiger partial charge on any atom is 0.211 e. The van der Waals surface area contributed by atoms with Gasteiger partial charge in [0, 0.05) is 16.1 Å². The van der Waals surface area contributed by atoms with E-state index in [9.17, 15) is 4.79 Å². The van der Waals surface area contributed by atoms with Crippen molar-refractivity contribution in [1.29, 1.82) is 0 Å². The zero-order chi connectivity index (χ0) is 11.0. The van der Waals surface area contributed by atoms with E-state index in [0.29, 0.717) is 5.70 Å². The van der Waals surface area contributed by atoms with Crippen molar-refractivity contribution in [1.82, 2.24) is 0 Å². The Morgan fingerprint density at radius 1 is 1.12 bits per heavy atom. The summed E-state index contributed by atoms with van der Waals surface area (Å²) >= 11 is 1.62. The Balaban J connectivity index is 2.02. The van der Waals surface area contributed by atoms with Gasteiger partial charge in [-0.1, -0.05) is 18.2 Å². The molecule has 1 aromatic heterocycles. The number of ketones is 1. The highest BCUT2D eigenvalue weighted by Crippen LogP contribution is 2.29. The Bertz CT molecular complexity index is 569. The molecule has 0 saturated heterocycles. The van der Waals surface area contributed by atoms with Gasteiger partial charge >= 0.3 is 0 Å². The van der Waals surface area contributed by atoms with Gasteiger partial charge in [-0.05, 0) is 29.7 Å². The monoisotopic (exact) mass is 227 g/mol. The number of nitrogens with one attached hydrogen (secondary N) is 1. The van der Waals surface area contributed by atoms with Crippen LogP contribution in [0.4, 0.5) is 5.69 Å². The second kappa shape index (κ2) is 3.61. The number of hydrogen-bond acceptors (Lipinski definition) is 3. The van der Waals surface area contributed by atoms with Crippen LogP contribution in [0.2, 0.25) is 0 Å². The number of allylic oxidation sites excluding steroid dienone is 1. The number of carbonyl (C=O) groups is 1. The number of benzene rings is 1. The van der Waals surface area contributed by atoms with Gasteiger partial charge in [0.1, 0.15) is 0 Å². The highest BCUT2D eigenvalue weighted by atomic mass is 32.1. The van der Waals surface area contributed by atoms with E-state index >= 15 is 0 Å². The van der Waals surface area contributed by atoms with Crippen molar-refractivity contribution in [3.05, 3.63) is 57.9 Å². The van der Waals surface area contributed by atoms with E-state index in [1.807, 2.05) is 47.9 Å². The molecule has 2 heterocycles. The molecule has 1 aromatic carbocycles. The minimum absolute atomic E-state index is 0.0731. The summed E-state index contributed by atoms with van der Waals surface area (Å²) in [6.45, 7) is 0. The van der Waals surface area contributed by atoms with E-state index in [1.165, 1.54) is 0 Å². The largest absolute Gasteiger partial charge is 0.352 e. The first-order valence-electron chi connectivity index (χ1n) is 5.00. The van der Waals surface area contributed by atoms with E-state index in [0.717, 1.165) is 16.1 Å². The molecule has 0 unspecified atom stereocenters. The summed E-state index contributed by atoms with van der Waals surface area (Å²) in [5, 5.41) is 5.14. The second-order valence-electron chi connectivity index (χ2n) is 3.57. The summed E-state index contributed by atoms with van der Waals surface area (Å²) in [6, 6.07) is 11.5. The highest BCUT2D eigenvalue weighted by Gasteiger charge is 2.23. The van der Waals surface area contributed by atoms with Gasteiger partial charge in [0.15, 0.2) is 0 Å². The number of anilines is 1. The third-order valence-corrected chi connectivity index (χ3v) is 3.33. The Kier molecular flexibility index (Phi) is 2.11. The lowest BCUT2D eigenvalue weighted by molar-refractivity contribution is 0.104. The van der Waals surface area contributed by atoms with Crippen LogP contribution < -0.4 is 5.32 Å². The fraction of sp³-hybridized carbons (Fsp3) is 0. The average Bonchev–Trinajstić information content (AvgIpc) is 2.90. The Morgan fingerprint density at radius 3 is 2.75 bits per heavy atom. The fourth-order valence-electron chi connectivity index (χ4n) is 1.75. The average molecular weight is 227 g/mol. The SMILES string of the molecule is O=C1/C(=C\c2cccs2)Nc2ccccc21. The van der Waals surface area contributed by atoms with Crippen molar-refractivity contribution in [2.75, 3.05) is 5.32 Å². The number of para-hydroxylation sites is 1. The molecule has 0 aliphatic carbocycles. The van der Waals surface area contributed by atoms with E-state index in [-0.39, 0.29) is 5.78 Å². The van der Waals surface area contributed by atoms with Gasteiger partial charge in [-0.2, -0.15) is 0 Å². The first-order chi connectivity index (χ1) is 7.84. The Labute approximate surface area is 97.2 Å². The van der Waals surface area contributed by atoms with Gasteiger partial charge in [-0.15, -0.1) is 11.3 Å². The molecule has 16 heavy (non-hydrogen) atoms. The summed E-state index contributed by atoms with van der Waals surface area (Å²) in [5.74, 6) is 0.0731. The number of rotatable bonds is 1. The molecule has 1 N–H and O–H groups in total. The number of carbonyl (C=O) groups excluding carboxylic acids is 1. The molecule has 1 aliphatic heterocycles. The fourth-order valence-corrected chi connectivity index (χ4v) is 2.41. The summed E-state index contributed by atoms with van der Waals surface area (Å²) in [4.78, 5) is 13.1. The lowest BCUT2D eigenvalue weighted by Gasteiger charge is -1.96. The lowest BCUT2D eigenvalue weighted by atomic mass is 10.1. The second-order valence-corrected chi connectivity index (χ2v) is 4.55. The van der Waals surface area contributed by atoms with Crippen LogP contribution >= 0.6 is 11.3 Å². The van der Waals surface area contributed by atoms with Gasteiger partial charge in [0.25, 0.3) is 0 Å². The molecule has 2 aromatic rings. The minimum atomic E-state index is 0.0731. The quantitative estimate of drug-likeness (QED) is 0.756. The normalized spacial score (nSPS) is 16.2. The van der Waals surface area contributed by atoms with Crippen molar-refractivity contribution in [3.8, 4) is 0 Å². The maximum atomic E-state index is 12.0. The molecule has 0 bridgehead atoms. The molecule has 0 atom stereocenters. The van der Waals surface area contributed by atoms with Crippen LogP contribution in [0.25, 0.3) is 6.08 Å². The highest BCUT2D eigenvalue weighted by molar-refractivity contribution is 7.10. The van der Waals surface area contributed by atoms with Gasteiger partial charge in [-0.3, -0.25) is 4.79 Å². The van der Waals surface area contributed by atoms with Crippen molar-refractivity contribution >= 4 is 28.9 Å². The number of thiophene rings is 1. The molecule has 3 heteroatoms. The van der Waals surface area contributed by atoms with E-state index < -0.39 is 0 Å².